The van der Waals surface area contributed by atoms with Crippen LogP contribution in [-0.2, 0) is 0 Å². The highest BCUT2D eigenvalue weighted by atomic mass is 32.1. The molecule has 0 unspecified atom stereocenters. The quantitative estimate of drug-likeness (QED) is 0.164. The summed E-state index contributed by atoms with van der Waals surface area (Å²) in [5.74, 6) is 0. The molecule has 2 heteroatoms. The SMILES string of the molecule is c1ccc2cc3c(cc2c1)sc1ccc(-c2c4ccccc4c(-c4c5ccccc5c(-c5ccc6oc7ccccc7c6c5)c5ccccc45)c4ccccc24)cc13. The van der Waals surface area contributed by atoms with Crippen molar-refractivity contribution >= 4 is 107 Å². The van der Waals surface area contributed by atoms with E-state index in [2.05, 4.69) is 188 Å². The first-order valence-corrected chi connectivity index (χ1v) is 20.7. The molecule has 11 aromatic carbocycles. The average Bonchev–Trinajstić information content (AvgIpc) is 3.83. The summed E-state index contributed by atoms with van der Waals surface area (Å²) in [6.07, 6.45) is 0. The third-order valence-electron chi connectivity index (χ3n) is 12.4. The zero-order valence-electron chi connectivity index (χ0n) is 31.3. The lowest BCUT2D eigenvalue weighted by atomic mass is 9.81. The summed E-state index contributed by atoms with van der Waals surface area (Å²) in [5, 5.41) is 17.5. The van der Waals surface area contributed by atoms with Gasteiger partial charge in [-0.25, -0.2) is 0 Å². The Kier molecular flexibility index (Phi) is 6.66. The molecule has 0 atom stereocenters. The van der Waals surface area contributed by atoms with Gasteiger partial charge in [-0.1, -0.05) is 152 Å². The molecular formula is C56H32OS. The second kappa shape index (κ2) is 12.1. The van der Waals surface area contributed by atoms with Crippen molar-refractivity contribution < 1.29 is 4.42 Å². The van der Waals surface area contributed by atoms with Crippen LogP contribution in [0.2, 0.25) is 0 Å². The Balaban J connectivity index is 1.11. The van der Waals surface area contributed by atoms with E-state index in [1.54, 1.807) is 0 Å². The molecule has 0 bridgehead atoms. The molecule has 2 aromatic heterocycles. The summed E-state index contributed by atoms with van der Waals surface area (Å²) < 4.78 is 8.92. The number of para-hydroxylation sites is 1. The van der Waals surface area contributed by atoms with Crippen molar-refractivity contribution in [2.75, 3.05) is 0 Å². The molecule has 0 aliphatic heterocycles. The van der Waals surface area contributed by atoms with Gasteiger partial charge < -0.3 is 4.42 Å². The predicted molar refractivity (Wildman–Crippen MR) is 250 cm³/mol. The van der Waals surface area contributed by atoms with Crippen LogP contribution in [0.5, 0.6) is 0 Å². The molecule has 268 valence electrons. The Morgan fingerprint density at radius 1 is 0.259 bits per heavy atom. The first-order valence-electron chi connectivity index (χ1n) is 19.9. The summed E-state index contributed by atoms with van der Waals surface area (Å²) in [7, 11) is 0. The van der Waals surface area contributed by atoms with Gasteiger partial charge in [0.1, 0.15) is 11.2 Å². The van der Waals surface area contributed by atoms with E-state index in [0.29, 0.717) is 0 Å². The largest absolute Gasteiger partial charge is 0.456 e. The fourth-order valence-electron chi connectivity index (χ4n) is 9.92. The molecule has 58 heavy (non-hydrogen) atoms. The van der Waals surface area contributed by atoms with Crippen molar-refractivity contribution in [2.45, 2.75) is 0 Å². The maximum Gasteiger partial charge on any atom is 0.135 e. The number of thiophene rings is 1. The number of rotatable bonds is 3. The molecule has 0 saturated heterocycles. The van der Waals surface area contributed by atoms with Gasteiger partial charge in [-0.15, -0.1) is 11.3 Å². The van der Waals surface area contributed by atoms with E-state index in [4.69, 9.17) is 4.42 Å². The van der Waals surface area contributed by atoms with Gasteiger partial charge >= 0.3 is 0 Å². The molecule has 0 N–H and O–H groups in total. The Morgan fingerprint density at radius 3 is 1.21 bits per heavy atom. The number of benzene rings is 11. The number of hydrogen-bond donors (Lipinski definition) is 0. The summed E-state index contributed by atoms with van der Waals surface area (Å²) in [6.45, 7) is 0. The van der Waals surface area contributed by atoms with Gasteiger partial charge in [0.2, 0.25) is 0 Å². The van der Waals surface area contributed by atoms with Gasteiger partial charge in [0.15, 0.2) is 0 Å². The van der Waals surface area contributed by atoms with Gasteiger partial charge in [-0.05, 0) is 130 Å². The zero-order valence-corrected chi connectivity index (χ0v) is 32.1. The van der Waals surface area contributed by atoms with Crippen molar-refractivity contribution in [1.82, 2.24) is 0 Å². The lowest BCUT2D eigenvalue weighted by Crippen LogP contribution is -1.94. The van der Waals surface area contributed by atoms with E-state index >= 15 is 0 Å². The average molecular weight is 753 g/mol. The van der Waals surface area contributed by atoms with Crippen molar-refractivity contribution in [2.24, 2.45) is 0 Å². The monoisotopic (exact) mass is 752 g/mol. The summed E-state index contributed by atoms with van der Waals surface area (Å²) >= 11 is 1.89. The molecule has 13 aromatic rings. The number of fused-ring (bicyclic) bond motifs is 11. The van der Waals surface area contributed by atoms with Crippen molar-refractivity contribution in [3.8, 4) is 33.4 Å². The van der Waals surface area contributed by atoms with Gasteiger partial charge in [0.05, 0.1) is 0 Å². The molecule has 2 heterocycles. The summed E-state index contributed by atoms with van der Waals surface area (Å²) in [5.41, 5.74) is 9.33. The molecule has 0 amide bonds. The van der Waals surface area contributed by atoms with E-state index in [9.17, 15) is 0 Å². The summed E-state index contributed by atoms with van der Waals surface area (Å²) in [4.78, 5) is 0. The topological polar surface area (TPSA) is 13.1 Å². The molecule has 13 rings (SSSR count). The lowest BCUT2D eigenvalue weighted by molar-refractivity contribution is 0.669. The van der Waals surface area contributed by atoms with E-state index in [1.165, 1.54) is 107 Å². The van der Waals surface area contributed by atoms with Crippen LogP contribution in [-0.4, -0.2) is 0 Å². The van der Waals surface area contributed by atoms with Gasteiger partial charge in [0, 0.05) is 30.9 Å². The van der Waals surface area contributed by atoms with Crippen LogP contribution in [0.4, 0.5) is 0 Å². The smallest absolute Gasteiger partial charge is 0.135 e. The summed E-state index contributed by atoms with van der Waals surface area (Å²) in [6, 6.07) is 71.7. The Bertz CT molecular complexity index is 3750. The third-order valence-corrected chi connectivity index (χ3v) is 13.5. The molecular weight excluding hydrogens is 721 g/mol. The second-order valence-electron chi connectivity index (χ2n) is 15.5. The van der Waals surface area contributed by atoms with Crippen molar-refractivity contribution in [1.29, 1.82) is 0 Å². The van der Waals surface area contributed by atoms with Crippen molar-refractivity contribution in [3.05, 3.63) is 194 Å². The fraction of sp³-hybridized carbons (Fsp3) is 0. The van der Waals surface area contributed by atoms with Crippen LogP contribution in [0.15, 0.2) is 199 Å². The zero-order chi connectivity index (χ0) is 37.9. The minimum atomic E-state index is 0.910. The first-order chi connectivity index (χ1) is 28.8. The van der Waals surface area contributed by atoms with Crippen LogP contribution in [0.1, 0.15) is 0 Å². The lowest BCUT2D eigenvalue weighted by Gasteiger charge is -2.22. The standard InChI is InChI=1S/C56H32OS/c1-2-14-34-32-52-48(29-33(34)13-1)47-31-36(26-28-51(47)58-52)54-40-18-5-9-22-44(40)56(45-23-10-6-19-41(45)54)55-42-20-7-3-16-38(42)53(39-17-4-8-21-43(39)55)35-25-27-50-46(30-35)37-15-11-12-24-49(37)57-50/h1-32H. The van der Waals surface area contributed by atoms with Crippen LogP contribution < -0.4 is 0 Å². The second-order valence-corrected chi connectivity index (χ2v) is 16.6. The van der Waals surface area contributed by atoms with Crippen LogP contribution in [0, 0.1) is 0 Å². The molecule has 1 nitrogen and oxygen atoms in total. The van der Waals surface area contributed by atoms with Crippen LogP contribution in [0.3, 0.4) is 0 Å². The highest BCUT2D eigenvalue weighted by Crippen LogP contribution is 2.51. The Hall–Kier alpha value is -7.26. The highest BCUT2D eigenvalue weighted by Gasteiger charge is 2.23. The molecule has 0 aliphatic rings. The van der Waals surface area contributed by atoms with Crippen molar-refractivity contribution in [3.63, 3.8) is 0 Å². The van der Waals surface area contributed by atoms with E-state index in [-0.39, 0.29) is 0 Å². The molecule has 0 aliphatic carbocycles. The third kappa shape index (κ3) is 4.52. The molecule has 0 spiro atoms. The van der Waals surface area contributed by atoms with Gasteiger partial charge in [0.25, 0.3) is 0 Å². The van der Waals surface area contributed by atoms with Gasteiger partial charge in [-0.3, -0.25) is 0 Å². The predicted octanol–water partition coefficient (Wildman–Crippen LogP) is 16.7. The van der Waals surface area contributed by atoms with E-state index < -0.39 is 0 Å². The highest BCUT2D eigenvalue weighted by molar-refractivity contribution is 7.25. The fourth-order valence-corrected chi connectivity index (χ4v) is 11.0. The maximum atomic E-state index is 6.27. The van der Waals surface area contributed by atoms with E-state index in [1.807, 2.05) is 17.4 Å². The minimum Gasteiger partial charge on any atom is -0.456 e. The number of hydrogen-bond acceptors (Lipinski definition) is 2. The Morgan fingerprint density at radius 2 is 0.655 bits per heavy atom. The molecule has 0 saturated carbocycles. The van der Waals surface area contributed by atoms with Crippen LogP contribution >= 0.6 is 11.3 Å². The normalized spacial score (nSPS) is 12.1. The molecule has 0 radical (unpaired) electrons. The first kappa shape index (κ1) is 31.9. The number of furan rings is 1. The van der Waals surface area contributed by atoms with Crippen LogP contribution in [0.25, 0.3) is 129 Å². The van der Waals surface area contributed by atoms with E-state index in [0.717, 1.165) is 21.9 Å². The molecule has 0 fully saturated rings. The van der Waals surface area contributed by atoms with Gasteiger partial charge in [-0.2, -0.15) is 0 Å². The maximum absolute atomic E-state index is 6.27. The Labute approximate surface area is 337 Å². The minimum absolute atomic E-state index is 0.910.